The van der Waals surface area contributed by atoms with Gasteiger partial charge in [0.1, 0.15) is 0 Å². The highest BCUT2D eigenvalue weighted by molar-refractivity contribution is 6.38. The van der Waals surface area contributed by atoms with Crippen LogP contribution >= 0.6 is 0 Å². The lowest BCUT2D eigenvalue weighted by Crippen LogP contribution is -2.25. The molecule has 5 heteroatoms. The van der Waals surface area contributed by atoms with E-state index in [1.807, 2.05) is 18.2 Å². The van der Waals surface area contributed by atoms with Crippen LogP contribution in [0.25, 0.3) is 5.57 Å². The summed E-state index contributed by atoms with van der Waals surface area (Å²) in [5.41, 5.74) is 2.15. The van der Waals surface area contributed by atoms with E-state index in [1.165, 1.54) is 11.9 Å². The van der Waals surface area contributed by atoms with Crippen molar-refractivity contribution in [2.24, 2.45) is 0 Å². The minimum atomic E-state index is -0.376. The number of benzene rings is 1. The van der Waals surface area contributed by atoms with E-state index in [2.05, 4.69) is 0 Å². The molecule has 0 unspecified atom stereocenters. The summed E-state index contributed by atoms with van der Waals surface area (Å²) >= 11 is 0. The Morgan fingerprint density at radius 3 is 2.26 bits per heavy atom. The molecule has 0 saturated carbocycles. The van der Waals surface area contributed by atoms with Gasteiger partial charge in [0.05, 0.1) is 17.7 Å². The monoisotopic (exact) mass is 256 g/mol. The average molecular weight is 256 g/mol. The number of carbonyl (C=O) groups is 3. The molecule has 2 aliphatic heterocycles. The van der Waals surface area contributed by atoms with Crippen molar-refractivity contribution >= 4 is 29.0 Å². The summed E-state index contributed by atoms with van der Waals surface area (Å²) < 4.78 is 0. The van der Waals surface area contributed by atoms with Gasteiger partial charge in [-0.15, -0.1) is 0 Å². The number of carbonyl (C=O) groups excluding carboxylic acids is 3. The van der Waals surface area contributed by atoms with Crippen molar-refractivity contribution in [3.63, 3.8) is 0 Å². The van der Waals surface area contributed by atoms with E-state index in [1.54, 1.807) is 13.1 Å². The van der Waals surface area contributed by atoms with E-state index in [9.17, 15) is 14.4 Å². The first-order valence-electron chi connectivity index (χ1n) is 5.94. The SMILES string of the molecule is CN1C(=O)C/C(=C2\C(=O)N(C)c3ccccc32)C1=O. The lowest BCUT2D eigenvalue weighted by molar-refractivity contribution is -0.136. The van der Waals surface area contributed by atoms with Crippen LogP contribution in [0.5, 0.6) is 0 Å². The number of imide groups is 1. The third-order valence-electron chi connectivity index (χ3n) is 3.62. The highest BCUT2D eigenvalue weighted by Crippen LogP contribution is 2.39. The number of hydrogen-bond donors (Lipinski definition) is 0. The summed E-state index contributed by atoms with van der Waals surface area (Å²) in [6.07, 6.45) is -0.00141. The average Bonchev–Trinajstić information content (AvgIpc) is 2.80. The molecule has 2 heterocycles. The Morgan fingerprint density at radius 2 is 1.63 bits per heavy atom. The van der Waals surface area contributed by atoms with Crippen molar-refractivity contribution in [3.8, 4) is 0 Å². The maximum atomic E-state index is 12.3. The molecule has 1 aromatic rings. The fourth-order valence-electron chi connectivity index (χ4n) is 2.52. The van der Waals surface area contributed by atoms with Crippen molar-refractivity contribution in [3.05, 3.63) is 35.4 Å². The Hall–Kier alpha value is -2.43. The molecular formula is C14H12N2O3. The largest absolute Gasteiger partial charge is 0.311 e. The second-order valence-corrected chi connectivity index (χ2v) is 4.67. The van der Waals surface area contributed by atoms with Crippen molar-refractivity contribution in [1.82, 2.24) is 4.90 Å². The van der Waals surface area contributed by atoms with Gasteiger partial charge >= 0.3 is 0 Å². The number of para-hydroxylation sites is 1. The van der Waals surface area contributed by atoms with Gasteiger partial charge in [-0.25, -0.2) is 0 Å². The second kappa shape index (κ2) is 3.78. The van der Waals surface area contributed by atoms with Gasteiger partial charge in [0, 0.05) is 25.2 Å². The minimum Gasteiger partial charge on any atom is -0.311 e. The maximum Gasteiger partial charge on any atom is 0.259 e. The van der Waals surface area contributed by atoms with E-state index in [0.29, 0.717) is 11.1 Å². The van der Waals surface area contributed by atoms with Gasteiger partial charge in [0.2, 0.25) is 5.91 Å². The molecule has 0 N–H and O–H groups in total. The first-order valence-corrected chi connectivity index (χ1v) is 5.94. The van der Waals surface area contributed by atoms with Gasteiger partial charge in [-0.05, 0) is 6.07 Å². The summed E-state index contributed by atoms with van der Waals surface area (Å²) in [4.78, 5) is 38.5. The lowest BCUT2D eigenvalue weighted by atomic mass is 10.00. The normalized spacial score (nSPS) is 22.5. The number of anilines is 1. The zero-order valence-electron chi connectivity index (χ0n) is 10.6. The number of hydrogen-bond acceptors (Lipinski definition) is 3. The number of fused-ring (bicyclic) bond motifs is 1. The maximum absolute atomic E-state index is 12.3. The molecule has 1 fully saturated rings. The third kappa shape index (κ3) is 1.44. The highest BCUT2D eigenvalue weighted by atomic mass is 16.2. The smallest absolute Gasteiger partial charge is 0.259 e. The molecule has 0 aliphatic carbocycles. The fourth-order valence-corrected chi connectivity index (χ4v) is 2.52. The summed E-state index contributed by atoms with van der Waals surface area (Å²) in [6.45, 7) is 0. The molecule has 0 atom stereocenters. The first-order chi connectivity index (χ1) is 9.02. The van der Waals surface area contributed by atoms with Crippen LogP contribution < -0.4 is 4.90 Å². The van der Waals surface area contributed by atoms with Crippen molar-refractivity contribution < 1.29 is 14.4 Å². The molecule has 2 aliphatic rings. The van der Waals surface area contributed by atoms with E-state index >= 15 is 0 Å². The molecule has 0 spiro atoms. The van der Waals surface area contributed by atoms with Crippen molar-refractivity contribution in [1.29, 1.82) is 0 Å². The summed E-state index contributed by atoms with van der Waals surface area (Å²) in [7, 11) is 3.10. The molecule has 96 valence electrons. The molecule has 0 radical (unpaired) electrons. The molecule has 1 aromatic carbocycles. The van der Waals surface area contributed by atoms with Crippen molar-refractivity contribution in [2.45, 2.75) is 6.42 Å². The first kappa shape index (κ1) is 11.6. The number of likely N-dealkylation sites (tertiary alicyclic amines) is 1. The van der Waals surface area contributed by atoms with Crippen LogP contribution in [0.2, 0.25) is 0 Å². The summed E-state index contributed by atoms with van der Waals surface area (Å²) in [5.74, 6) is -0.876. The van der Waals surface area contributed by atoms with Crippen LogP contribution in [-0.2, 0) is 14.4 Å². The predicted molar refractivity (Wildman–Crippen MR) is 69.2 cm³/mol. The van der Waals surface area contributed by atoms with E-state index in [-0.39, 0.29) is 24.1 Å². The number of amides is 3. The molecule has 19 heavy (non-hydrogen) atoms. The Labute approximate surface area is 110 Å². The standard InChI is InChI=1S/C14H12N2O3/c1-15-10-6-4-3-5-8(10)12(14(15)19)9-7-11(17)16(2)13(9)18/h3-6H,7H2,1-2H3/b12-9+. The fraction of sp³-hybridized carbons (Fsp3) is 0.214. The number of likely N-dealkylation sites (N-methyl/N-ethyl adjacent to an activating group) is 2. The van der Waals surface area contributed by atoms with Gasteiger partial charge < -0.3 is 4.90 Å². The zero-order valence-corrected chi connectivity index (χ0v) is 10.6. The quantitative estimate of drug-likeness (QED) is 0.509. The Balaban J connectivity index is 2.24. The minimum absolute atomic E-state index is 0.00141. The number of rotatable bonds is 0. The van der Waals surface area contributed by atoms with E-state index in [0.717, 1.165) is 16.2 Å². The van der Waals surface area contributed by atoms with Gasteiger partial charge in [0.25, 0.3) is 11.8 Å². The van der Waals surface area contributed by atoms with Gasteiger partial charge in [-0.2, -0.15) is 0 Å². The second-order valence-electron chi connectivity index (χ2n) is 4.67. The van der Waals surface area contributed by atoms with E-state index < -0.39 is 0 Å². The highest BCUT2D eigenvalue weighted by Gasteiger charge is 2.39. The molecule has 1 saturated heterocycles. The van der Waals surface area contributed by atoms with Crippen LogP contribution in [0.15, 0.2) is 29.8 Å². The predicted octanol–water partition coefficient (Wildman–Crippen LogP) is 0.805. The Morgan fingerprint density at radius 1 is 0.947 bits per heavy atom. The molecule has 3 rings (SSSR count). The Kier molecular flexibility index (Phi) is 2.32. The summed E-state index contributed by atoms with van der Waals surface area (Å²) in [5, 5.41) is 0. The Bertz CT molecular complexity index is 660. The molecule has 3 amide bonds. The van der Waals surface area contributed by atoms with Crippen molar-refractivity contribution in [2.75, 3.05) is 19.0 Å². The zero-order chi connectivity index (χ0) is 13.7. The van der Waals surface area contributed by atoms with Gasteiger partial charge in [0.15, 0.2) is 0 Å². The molecular weight excluding hydrogens is 244 g/mol. The van der Waals surface area contributed by atoms with Crippen LogP contribution in [-0.4, -0.2) is 36.7 Å². The summed E-state index contributed by atoms with van der Waals surface area (Å²) in [6, 6.07) is 7.28. The molecule has 0 bridgehead atoms. The lowest BCUT2D eigenvalue weighted by Gasteiger charge is -2.08. The van der Waals surface area contributed by atoms with Gasteiger partial charge in [-0.1, -0.05) is 18.2 Å². The van der Waals surface area contributed by atoms with Crippen LogP contribution in [0, 0.1) is 0 Å². The molecule has 0 aromatic heterocycles. The topological polar surface area (TPSA) is 57.7 Å². The van der Waals surface area contributed by atoms with Crippen LogP contribution in [0.1, 0.15) is 12.0 Å². The van der Waals surface area contributed by atoms with Crippen LogP contribution in [0.3, 0.4) is 0 Å². The van der Waals surface area contributed by atoms with Gasteiger partial charge in [-0.3, -0.25) is 19.3 Å². The third-order valence-corrected chi connectivity index (χ3v) is 3.62. The van der Waals surface area contributed by atoms with E-state index in [4.69, 9.17) is 0 Å². The molecule has 5 nitrogen and oxygen atoms in total. The number of nitrogens with zero attached hydrogens (tertiary/aromatic N) is 2. The van der Waals surface area contributed by atoms with Crippen LogP contribution in [0.4, 0.5) is 5.69 Å².